The number of aromatic nitrogens is 3. The monoisotopic (exact) mass is 300 g/mol. The minimum atomic E-state index is -3.73. The van der Waals surface area contributed by atoms with E-state index in [9.17, 15) is 8.42 Å². The SMILES string of the molecule is NS(=O)(=O)c1cccc(-c2ccccc2-c2cn[nH]n2)c1. The summed E-state index contributed by atoms with van der Waals surface area (Å²) < 4.78 is 23.0. The normalized spacial score (nSPS) is 11.5. The number of primary sulfonamides is 1. The van der Waals surface area contributed by atoms with E-state index in [4.69, 9.17) is 5.14 Å². The zero-order chi connectivity index (χ0) is 14.9. The number of nitrogens with zero attached hydrogens (tertiary/aromatic N) is 2. The minimum Gasteiger partial charge on any atom is -0.225 e. The molecule has 0 atom stereocenters. The standard InChI is InChI=1S/C14H12N4O2S/c15-21(19,20)11-5-3-4-10(8-11)12-6-1-2-7-13(12)14-9-16-18-17-14/h1-9H,(H2,15,19,20)(H,16,17,18). The lowest BCUT2D eigenvalue weighted by Crippen LogP contribution is -2.11. The fraction of sp³-hybridized carbons (Fsp3) is 0. The molecular formula is C14H12N4O2S. The van der Waals surface area contributed by atoms with Gasteiger partial charge in [0, 0.05) is 5.56 Å². The molecule has 2 aromatic carbocycles. The molecule has 0 bridgehead atoms. The van der Waals surface area contributed by atoms with Gasteiger partial charge in [-0.05, 0) is 23.3 Å². The van der Waals surface area contributed by atoms with Gasteiger partial charge in [-0.15, -0.1) is 0 Å². The van der Waals surface area contributed by atoms with Gasteiger partial charge in [-0.25, -0.2) is 13.6 Å². The third-order valence-electron chi connectivity index (χ3n) is 3.09. The zero-order valence-corrected chi connectivity index (χ0v) is 11.7. The maximum atomic E-state index is 11.5. The summed E-state index contributed by atoms with van der Waals surface area (Å²) in [5, 5.41) is 15.6. The van der Waals surface area contributed by atoms with Gasteiger partial charge in [0.15, 0.2) is 0 Å². The maximum absolute atomic E-state index is 11.5. The smallest absolute Gasteiger partial charge is 0.225 e. The summed E-state index contributed by atoms with van der Waals surface area (Å²) in [5.41, 5.74) is 3.15. The van der Waals surface area contributed by atoms with E-state index in [1.807, 2.05) is 30.3 Å². The number of H-pyrrole nitrogens is 1. The van der Waals surface area contributed by atoms with Crippen molar-refractivity contribution >= 4 is 10.0 Å². The van der Waals surface area contributed by atoms with Crippen LogP contribution in [-0.4, -0.2) is 23.8 Å². The van der Waals surface area contributed by atoms with E-state index in [2.05, 4.69) is 15.4 Å². The molecule has 6 nitrogen and oxygen atoms in total. The number of hydrogen-bond donors (Lipinski definition) is 2. The first kappa shape index (κ1) is 13.5. The Bertz CT molecular complexity index is 874. The third kappa shape index (κ3) is 2.69. The van der Waals surface area contributed by atoms with Gasteiger partial charge in [0.2, 0.25) is 10.0 Å². The minimum absolute atomic E-state index is 0.0787. The Balaban J connectivity index is 2.18. The highest BCUT2D eigenvalue weighted by Crippen LogP contribution is 2.31. The summed E-state index contributed by atoms with van der Waals surface area (Å²) >= 11 is 0. The van der Waals surface area contributed by atoms with Crippen molar-refractivity contribution in [2.45, 2.75) is 4.90 Å². The summed E-state index contributed by atoms with van der Waals surface area (Å²) in [7, 11) is -3.73. The molecule has 7 heteroatoms. The van der Waals surface area contributed by atoms with Crippen molar-refractivity contribution in [1.29, 1.82) is 0 Å². The molecule has 0 fully saturated rings. The molecular weight excluding hydrogens is 288 g/mol. The van der Waals surface area contributed by atoms with Crippen LogP contribution in [0.25, 0.3) is 22.4 Å². The summed E-state index contributed by atoms with van der Waals surface area (Å²) in [6.07, 6.45) is 1.61. The molecule has 1 heterocycles. The second-order valence-corrected chi connectivity index (χ2v) is 6.04. The molecule has 0 saturated carbocycles. The van der Waals surface area contributed by atoms with E-state index in [1.165, 1.54) is 6.07 Å². The first-order valence-corrected chi connectivity index (χ1v) is 7.69. The Morgan fingerprint density at radius 1 is 1.00 bits per heavy atom. The fourth-order valence-corrected chi connectivity index (χ4v) is 2.69. The molecule has 3 N–H and O–H groups in total. The molecule has 3 aromatic rings. The van der Waals surface area contributed by atoms with Gasteiger partial charge in [0.05, 0.1) is 11.1 Å². The van der Waals surface area contributed by atoms with Gasteiger partial charge in [-0.2, -0.15) is 15.4 Å². The molecule has 0 aliphatic rings. The molecule has 0 aliphatic heterocycles. The van der Waals surface area contributed by atoms with Crippen LogP contribution < -0.4 is 5.14 Å². The lowest BCUT2D eigenvalue weighted by molar-refractivity contribution is 0.598. The second-order valence-electron chi connectivity index (χ2n) is 4.47. The summed E-state index contributed by atoms with van der Waals surface area (Å²) in [4.78, 5) is 0.0787. The summed E-state index contributed by atoms with van der Waals surface area (Å²) in [6.45, 7) is 0. The molecule has 3 rings (SSSR count). The number of nitrogens with two attached hydrogens (primary N) is 1. The van der Waals surface area contributed by atoms with Gasteiger partial charge in [0.1, 0.15) is 5.69 Å². The quantitative estimate of drug-likeness (QED) is 0.769. The topological polar surface area (TPSA) is 102 Å². The molecule has 0 radical (unpaired) electrons. The first-order valence-electron chi connectivity index (χ1n) is 6.14. The van der Waals surface area contributed by atoms with Crippen LogP contribution >= 0.6 is 0 Å². The highest BCUT2D eigenvalue weighted by molar-refractivity contribution is 7.89. The van der Waals surface area contributed by atoms with Gasteiger partial charge in [-0.3, -0.25) is 0 Å². The zero-order valence-electron chi connectivity index (χ0n) is 10.9. The van der Waals surface area contributed by atoms with E-state index in [-0.39, 0.29) is 4.90 Å². The molecule has 106 valence electrons. The van der Waals surface area contributed by atoms with E-state index in [1.54, 1.807) is 18.3 Å². The van der Waals surface area contributed by atoms with Gasteiger partial charge >= 0.3 is 0 Å². The highest BCUT2D eigenvalue weighted by atomic mass is 32.2. The number of rotatable bonds is 3. The largest absolute Gasteiger partial charge is 0.238 e. The molecule has 0 saturated heterocycles. The molecule has 21 heavy (non-hydrogen) atoms. The van der Waals surface area contributed by atoms with Gasteiger partial charge < -0.3 is 0 Å². The van der Waals surface area contributed by atoms with Crippen LogP contribution in [0.3, 0.4) is 0 Å². The van der Waals surface area contributed by atoms with Crippen LogP contribution in [0.15, 0.2) is 59.6 Å². The van der Waals surface area contributed by atoms with Gasteiger partial charge in [-0.1, -0.05) is 36.4 Å². The maximum Gasteiger partial charge on any atom is 0.238 e. The van der Waals surface area contributed by atoms with Crippen LogP contribution in [-0.2, 0) is 10.0 Å². The fourth-order valence-electron chi connectivity index (χ4n) is 2.13. The van der Waals surface area contributed by atoms with E-state index >= 15 is 0 Å². The van der Waals surface area contributed by atoms with Crippen LogP contribution in [0.2, 0.25) is 0 Å². The van der Waals surface area contributed by atoms with E-state index < -0.39 is 10.0 Å². The highest BCUT2D eigenvalue weighted by Gasteiger charge is 2.12. The lowest BCUT2D eigenvalue weighted by Gasteiger charge is -2.08. The van der Waals surface area contributed by atoms with Crippen molar-refractivity contribution in [3.63, 3.8) is 0 Å². The number of hydrogen-bond acceptors (Lipinski definition) is 4. The first-order chi connectivity index (χ1) is 10.1. The molecule has 0 amide bonds. The Morgan fingerprint density at radius 2 is 1.76 bits per heavy atom. The number of nitrogens with one attached hydrogen (secondary N) is 1. The molecule has 1 aromatic heterocycles. The Morgan fingerprint density at radius 3 is 2.43 bits per heavy atom. The van der Waals surface area contributed by atoms with Crippen LogP contribution in [0.4, 0.5) is 0 Å². The number of benzene rings is 2. The average molecular weight is 300 g/mol. The summed E-state index contributed by atoms with van der Waals surface area (Å²) in [6, 6.07) is 14.1. The predicted molar refractivity (Wildman–Crippen MR) is 78.6 cm³/mol. The predicted octanol–water partition coefficient (Wildman–Crippen LogP) is 1.79. The molecule has 0 aliphatic carbocycles. The van der Waals surface area contributed by atoms with E-state index in [0.29, 0.717) is 5.69 Å². The second kappa shape index (κ2) is 5.12. The number of sulfonamides is 1. The Labute approximate surface area is 121 Å². The van der Waals surface area contributed by atoms with Crippen molar-refractivity contribution in [3.8, 4) is 22.4 Å². The van der Waals surface area contributed by atoms with Crippen LogP contribution in [0.5, 0.6) is 0 Å². The van der Waals surface area contributed by atoms with Crippen molar-refractivity contribution in [1.82, 2.24) is 15.4 Å². The van der Waals surface area contributed by atoms with Crippen molar-refractivity contribution < 1.29 is 8.42 Å². The van der Waals surface area contributed by atoms with Crippen LogP contribution in [0.1, 0.15) is 0 Å². The van der Waals surface area contributed by atoms with Crippen LogP contribution in [0, 0.1) is 0 Å². The van der Waals surface area contributed by atoms with E-state index in [0.717, 1.165) is 16.7 Å². The summed E-state index contributed by atoms with van der Waals surface area (Å²) in [5.74, 6) is 0. The van der Waals surface area contributed by atoms with Crippen molar-refractivity contribution in [2.75, 3.05) is 0 Å². The Hall–Kier alpha value is -2.51. The van der Waals surface area contributed by atoms with Crippen molar-refractivity contribution in [2.24, 2.45) is 5.14 Å². The Kier molecular flexibility index (Phi) is 3.28. The lowest BCUT2D eigenvalue weighted by atomic mass is 9.98. The molecule has 0 unspecified atom stereocenters. The van der Waals surface area contributed by atoms with Crippen molar-refractivity contribution in [3.05, 3.63) is 54.7 Å². The average Bonchev–Trinajstić information content (AvgIpc) is 3.01. The number of aromatic amines is 1. The van der Waals surface area contributed by atoms with Gasteiger partial charge in [0.25, 0.3) is 0 Å². The molecule has 0 spiro atoms. The third-order valence-corrected chi connectivity index (χ3v) is 4.00.